The molecule has 2 amide bonds. The largest absolute Gasteiger partial charge is 0.379 e. The molecule has 6 nitrogen and oxygen atoms in total. The van der Waals surface area contributed by atoms with E-state index >= 15 is 0 Å². The van der Waals surface area contributed by atoms with Gasteiger partial charge in [0, 0.05) is 18.0 Å². The van der Waals surface area contributed by atoms with Crippen molar-refractivity contribution in [3.8, 4) is 0 Å². The van der Waals surface area contributed by atoms with E-state index < -0.39 is 17.0 Å². The number of imide groups is 1. The molecule has 5 N–H and O–H groups in total. The second-order valence-corrected chi connectivity index (χ2v) is 9.24. The van der Waals surface area contributed by atoms with Crippen LogP contribution >= 0.6 is 11.6 Å². The van der Waals surface area contributed by atoms with Crippen LogP contribution in [0.15, 0.2) is 18.2 Å². The summed E-state index contributed by atoms with van der Waals surface area (Å²) in [4.78, 5) is 26.4. The first-order chi connectivity index (χ1) is 14.3. The van der Waals surface area contributed by atoms with Gasteiger partial charge in [-0.25, -0.2) is 0 Å². The van der Waals surface area contributed by atoms with Gasteiger partial charge in [0.15, 0.2) is 0 Å². The molecule has 2 fully saturated rings. The van der Waals surface area contributed by atoms with Gasteiger partial charge in [-0.15, -0.1) is 0 Å². The Morgan fingerprint density at radius 3 is 2.60 bits per heavy atom. The average molecular weight is 436 g/mol. The monoisotopic (exact) mass is 435 g/mol. The second kappa shape index (κ2) is 9.77. The molecule has 3 rings (SSSR count). The molecule has 1 saturated heterocycles. The van der Waals surface area contributed by atoms with Crippen LogP contribution in [0.3, 0.4) is 0 Å². The fraction of sp³-hybridized carbons (Fsp3) is 0.652. The summed E-state index contributed by atoms with van der Waals surface area (Å²) in [7, 11) is 0. The highest BCUT2D eigenvalue weighted by atomic mass is 35.5. The van der Waals surface area contributed by atoms with Gasteiger partial charge in [0.2, 0.25) is 5.91 Å². The average Bonchev–Trinajstić information content (AvgIpc) is 3.25. The molecule has 2 aliphatic rings. The molecule has 2 atom stereocenters. The third-order valence-electron chi connectivity index (χ3n) is 7.03. The summed E-state index contributed by atoms with van der Waals surface area (Å²) in [5.74, 6) is -1.16. The van der Waals surface area contributed by atoms with Crippen LogP contribution in [0.25, 0.3) is 0 Å². The number of rotatable bonds is 7. The highest BCUT2D eigenvalue weighted by molar-refractivity contribution is 6.30. The summed E-state index contributed by atoms with van der Waals surface area (Å²) in [5.41, 5.74) is 5.07. The number of benzene rings is 1. The Morgan fingerprint density at radius 1 is 1.27 bits per heavy atom. The summed E-state index contributed by atoms with van der Waals surface area (Å²) >= 11 is 6.19. The van der Waals surface area contributed by atoms with Crippen molar-refractivity contribution in [1.82, 2.24) is 10.6 Å². The third kappa shape index (κ3) is 4.72. The van der Waals surface area contributed by atoms with E-state index in [2.05, 4.69) is 10.6 Å². The summed E-state index contributed by atoms with van der Waals surface area (Å²) in [5, 5.41) is 18.1. The molecular weight excluding hydrogens is 402 g/mol. The number of carbonyl (C=O) groups is 2. The van der Waals surface area contributed by atoms with Gasteiger partial charge in [-0.3, -0.25) is 14.9 Å². The smallest absolute Gasteiger partial charge is 0.259 e. The predicted octanol–water partition coefficient (Wildman–Crippen LogP) is 2.83. The third-order valence-corrected chi connectivity index (χ3v) is 7.27. The van der Waals surface area contributed by atoms with Gasteiger partial charge in [0.1, 0.15) is 5.60 Å². The van der Waals surface area contributed by atoms with Crippen LogP contribution in [0.5, 0.6) is 0 Å². The minimum Gasteiger partial charge on any atom is -0.379 e. The molecule has 0 aromatic heterocycles. The van der Waals surface area contributed by atoms with E-state index in [1.54, 1.807) is 12.1 Å². The Balaban J connectivity index is 1.89. The van der Waals surface area contributed by atoms with Gasteiger partial charge in [-0.2, -0.15) is 0 Å². The maximum absolute atomic E-state index is 13.4. The lowest BCUT2D eigenvalue weighted by molar-refractivity contribution is -0.152. The van der Waals surface area contributed by atoms with Gasteiger partial charge >= 0.3 is 0 Å². The molecule has 1 heterocycles. The number of hydrogen-bond donors (Lipinski definition) is 4. The van der Waals surface area contributed by atoms with E-state index in [-0.39, 0.29) is 24.8 Å². The van der Waals surface area contributed by atoms with E-state index in [9.17, 15) is 14.7 Å². The van der Waals surface area contributed by atoms with Gasteiger partial charge in [-0.05, 0) is 67.8 Å². The Morgan fingerprint density at radius 2 is 2.00 bits per heavy atom. The number of hydrogen-bond acceptors (Lipinski definition) is 5. The Labute approximate surface area is 183 Å². The normalized spacial score (nSPS) is 24.4. The number of aliphatic hydroxyl groups is 1. The molecule has 1 aromatic rings. The molecule has 0 bridgehead atoms. The minimum absolute atomic E-state index is 0.0937. The Hall–Kier alpha value is -1.47. The summed E-state index contributed by atoms with van der Waals surface area (Å²) < 4.78 is 0. The molecule has 166 valence electrons. The van der Waals surface area contributed by atoms with Crippen molar-refractivity contribution < 1.29 is 14.7 Å². The van der Waals surface area contributed by atoms with Crippen molar-refractivity contribution in [3.63, 3.8) is 0 Å². The molecule has 1 aliphatic heterocycles. The van der Waals surface area contributed by atoms with Crippen LogP contribution in [-0.2, 0) is 22.6 Å². The topological polar surface area (TPSA) is 104 Å². The van der Waals surface area contributed by atoms with Crippen molar-refractivity contribution in [2.75, 3.05) is 6.54 Å². The number of nitrogens with one attached hydrogen (secondary N) is 2. The lowest BCUT2D eigenvalue weighted by atomic mass is 9.73. The Kier molecular flexibility index (Phi) is 7.56. The van der Waals surface area contributed by atoms with Crippen LogP contribution < -0.4 is 16.4 Å². The van der Waals surface area contributed by atoms with Crippen LogP contribution in [0.2, 0.25) is 5.02 Å². The number of nitrogens with two attached hydrogens (primary N) is 1. The van der Waals surface area contributed by atoms with Crippen LogP contribution in [-0.4, -0.2) is 34.6 Å². The first-order valence-electron chi connectivity index (χ1n) is 11.2. The van der Waals surface area contributed by atoms with Crippen molar-refractivity contribution in [1.29, 1.82) is 0 Å². The standard InChI is InChI=1S/C23H34ClN3O3/c1-2-22(11-6-12-26-22)20(28)27-21(29)23(30,18-7-4-3-5-8-18)14-17-13-19(24)10-9-16(17)15-25/h9-10,13,18,26,30H,2-8,11-12,14-15,25H2,1H3,(H,27,28,29)/t22?,23-/m1/s1. The molecule has 1 aliphatic carbocycles. The number of carbonyl (C=O) groups excluding carboxylic acids is 2. The zero-order valence-electron chi connectivity index (χ0n) is 17.8. The Bertz CT molecular complexity index is 773. The molecule has 0 radical (unpaired) electrons. The first-order valence-corrected chi connectivity index (χ1v) is 11.5. The molecule has 30 heavy (non-hydrogen) atoms. The minimum atomic E-state index is -1.68. The highest BCUT2D eigenvalue weighted by Crippen LogP contribution is 2.36. The van der Waals surface area contributed by atoms with Gasteiger partial charge in [-0.1, -0.05) is 43.9 Å². The van der Waals surface area contributed by atoms with Crippen LogP contribution in [0.4, 0.5) is 0 Å². The van der Waals surface area contributed by atoms with Crippen LogP contribution in [0, 0.1) is 5.92 Å². The van der Waals surface area contributed by atoms with E-state index in [0.717, 1.165) is 56.2 Å². The number of amides is 2. The maximum atomic E-state index is 13.4. The second-order valence-electron chi connectivity index (χ2n) is 8.80. The van der Waals surface area contributed by atoms with E-state index in [0.29, 0.717) is 17.9 Å². The fourth-order valence-corrected chi connectivity index (χ4v) is 5.23. The molecule has 7 heteroatoms. The fourth-order valence-electron chi connectivity index (χ4n) is 5.03. The first kappa shape index (κ1) is 23.2. The number of halogens is 1. The zero-order chi connectivity index (χ0) is 21.8. The quantitative estimate of drug-likeness (QED) is 0.527. The van der Waals surface area contributed by atoms with Crippen molar-refractivity contribution in [3.05, 3.63) is 34.3 Å². The van der Waals surface area contributed by atoms with Crippen molar-refractivity contribution in [2.24, 2.45) is 11.7 Å². The lowest BCUT2D eigenvalue weighted by Gasteiger charge is -2.38. The van der Waals surface area contributed by atoms with Crippen molar-refractivity contribution >= 4 is 23.4 Å². The van der Waals surface area contributed by atoms with E-state index in [1.807, 2.05) is 13.0 Å². The molecule has 1 saturated carbocycles. The van der Waals surface area contributed by atoms with E-state index in [1.165, 1.54) is 0 Å². The summed E-state index contributed by atoms with van der Waals surface area (Å²) in [6, 6.07) is 5.35. The predicted molar refractivity (Wildman–Crippen MR) is 118 cm³/mol. The maximum Gasteiger partial charge on any atom is 0.259 e. The van der Waals surface area contributed by atoms with Gasteiger partial charge in [0.05, 0.1) is 5.54 Å². The molecular formula is C23H34ClN3O3. The zero-order valence-corrected chi connectivity index (χ0v) is 18.6. The van der Waals surface area contributed by atoms with E-state index in [4.69, 9.17) is 17.3 Å². The SMILES string of the molecule is CCC1(C(=O)NC(=O)[C@@](O)(Cc2cc(Cl)ccc2CN)C2CCCCC2)CCCN1. The van der Waals surface area contributed by atoms with Gasteiger partial charge < -0.3 is 16.2 Å². The molecule has 1 aromatic carbocycles. The molecule has 0 spiro atoms. The molecule has 1 unspecified atom stereocenters. The lowest BCUT2D eigenvalue weighted by Crippen LogP contribution is -2.61. The van der Waals surface area contributed by atoms with Crippen LogP contribution in [0.1, 0.15) is 69.4 Å². The summed E-state index contributed by atoms with van der Waals surface area (Å²) in [6.45, 7) is 2.98. The summed E-state index contributed by atoms with van der Waals surface area (Å²) in [6.07, 6.45) is 6.82. The van der Waals surface area contributed by atoms with Gasteiger partial charge in [0.25, 0.3) is 5.91 Å². The van der Waals surface area contributed by atoms with Crippen molar-refractivity contribution in [2.45, 2.75) is 82.4 Å². The highest BCUT2D eigenvalue weighted by Gasteiger charge is 2.47.